The fraction of sp³-hybridized carbons (Fsp3) is 0.188. The molecule has 3 aromatic rings. The minimum absolute atomic E-state index is 0.0131. The number of nitrogens with one attached hydrogen (secondary N) is 2. The van der Waals surface area contributed by atoms with E-state index in [1.54, 1.807) is 11.2 Å². The molecule has 0 saturated carbocycles. The Morgan fingerprint density at radius 2 is 2.13 bits per heavy atom. The van der Waals surface area contributed by atoms with Crippen molar-refractivity contribution in [2.75, 3.05) is 6.54 Å². The van der Waals surface area contributed by atoms with E-state index in [-0.39, 0.29) is 17.6 Å². The SMILES string of the molecule is O=C(c1cc(=O)[nH]o1)N1Cc2[nH]cnc2C(c2ccccc2)C1. The molecule has 1 aliphatic heterocycles. The summed E-state index contributed by atoms with van der Waals surface area (Å²) < 4.78 is 4.94. The fourth-order valence-corrected chi connectivity index (χ4v) is 2.97. The number of fused-ring (bicyclic) bond motifs is 1. The van der Waals surface area contributed by atoms with Gasteiger partial charge in [0.1, 0.15) is 0 Å². The van der Waals surface area contributed by atoms with Crippen LogP contribution in [0.25, 0.3) is 0 Å². The minimum atomic E-state index is -0.424. The zero-order chi connectivity index (χ0) is 15.8. The van der Waals surface area contributed by atoms with Crippen LogP contribution in [0.15, 0.2) is 52.0 Å². The zero-order valence-electron chi connectivity index (χ0n) is 12.2. The van der Waals surface area contributed by atoms with E-state index < -0.39 is 5.56 Å². The average molecular weight is 310 g/mol. The predicted octanol–water partition coefficient (Wildman–Crippen LogP) is 1.48. The summed E-state index contributed by atoms with van der Waals surface area (Å²) in [6.07, 6.45) is 1.64. The Kier molecular flexibility index (Phi) is 3.11. The largest absolute Gasteiger partial charge is 0.373 e. The number of aromatic amines is 2. The summed E-state index contributed by atoms with van der Waals surface area (Å²) in [5.74, 6) is -0.310. The van der Waals surface area contributed by atoms with Crippen LogP contribution in [0.1, 0.15) is 33.4 Å². The van der Waals surface area contributed by atoms with Gasteiger partial charge >= 0.3 is 0 Å². The van der Waals surface area contributed by atoms with Gasteiger partial charge in [0.2, 0.25) is 5.76 Å². The number of hydrogen-bond donors (Lipinski definition) is 2. The van der Waals surface area contributed by atoms with Gasteiger partial charge in [-0.1, -0.05) is 30.3 Å². The maximum atomic E-state index is 12.6. The smallest absolute Gasteiger partial charge is 0.292 e. The third-order valence-corrected chi connectivity index (χ3v) is 4.06. The third-order valence-electron chi connectivity index (χ3n) is 4.06. The van der Waals surface area contributed by atoms with Crippen molar-refractivity contribution in [1.82, 2.24) is 20.0 Å². The molecule has 3 heterocycles. The van der Waals surface area contributed by atoms with E-state index in [0.717, 1.165) is 17.0 Å². The molecule has 7 heteroatoms. The maximum absolute atomic E-state index is 12.6. The lowest BCUT2D eigenvalue weighted by atomic mass is 9.91. The van der Waals surface area contributed by atoms with Crippen molar-refractivity contribution in [3.05, 3.63) is 75.8 Å². The molecule has 7 nitrogen and oxygen atoms in total. The topological polar surface area (TPSA) is 95.0 Å². The molecule has 1 amide bonds. The number of aromatic nitrogens is 3. The maximum Gasteiger partial charge on any atom is 0.292 e. The normalized spacial score (nSPS) is 17.0. The van der Waals surface area contributed by atoms with Gasteiger partial charge in [-0.15, -0.1) is 0 Å². The number of amides is 1. The highest BCUT2D eigenvalue weighted by molar-refractivity contribution is 5.91. The van der Waals surface area contributed by atoms with E-state index in [4.69, 9.17) is 4.52 Å². The Morgan fingerprint density at radius 1 is 1.30 bits per heavy atom. The van der Waals surface area contributed by atoms with Crippen LogP contribution in [0.5, 0.6) is 0 Å². The summed E-state index contributed by atoms with van der Waals surface area (Å²) in [5.41, 5.74) is 2.52. The first-order chi connectivity index (χ1) is 11.2. The second-order valence-corrected chi connectivity index (χ2v) is 5.49. The standard InChI is InChI=1S/C16H14N4O3/c21-14-6-13(23-19-14)16(22)20-7-11(10-4-2-1-3-5-10)15-12(8-20)17-9-18-15/h1-6,9,11H,7-8H2,(H,17,18)(H,19,21). The van der Waals surface area contributed by atoms with Crippen LogP contribution < -0.4 is 5.56 Å². The van der Waals surface area contributed by atoms with E-state index in [1.165, 1.54) is 6.07 Å². The summed E-state index contributed by atoms with van der Waals surface area (Å²) in [6.45, 7) is 0.891. The number of benzene rings is 1. The van der Waals surface area contributed by atoms with Crippen molar-refractivity contribution in [1.29, 1.82) is 0 Å². The Balaban J connectivity index is 1.70. The molecule has 2 N–H and O–H groups in total. The van der Waals surface area contributed by atoms with Gasteiger partial charge in [-0.2, -0.15) is 5.16 Å². The quantitative estimate of drug-likeness (QED) is 0.749. The van der Waals surface area contributed by atoms with Gasteiger partial charge in [0.25, 0.3) is 11.5 Å². The van der Waals surface area contributed by atoms with Crippen molar-refractivity contribution in [2.24, 2.45) is 0 Å². The van der Waals surface area contributed by atoms with Gasteiger partial charge in [0, 0.05) is 12.5 Å². The first-order valence-electron chi connectivity index (χ1n) is 7.27. The van der Waals surface area contributed by atoms with Crippen molar-refractivity contribution >= 4 is 5.91 Å². The summed E-state index contributed by atoms with van der Waals surface area (Å²) in [4.78, 5) is 32.9. The van der Waals surface area contributed by atoms with Gasteiger partial charge in [-0.3, -0.25) is 9.59 Å². The lowest BCUT2D eigenvalue weighted by molar-refractivity contribution is 0.0679. The van der Waals surface area contributed by atoms with E-state index in [2.05, 4.69) is 15.1 Å². The summed E-state index contributed by atoms with van der Waals surface area (Å²) in [7, 11) is 0. The number of imidazole rings is 1. The van der Waals surface area contributed by atoms with Crippen molar-refractivity contribution in [3.63, 3.8) is 0 Å². The highest BCUT2D eigenvalue weighted by Crippen LogP contribution is 2.31. The summed E-state index contributed by atoms with van der Waals surface area (Å²) >= 11 is 0. The molecule has 0 spiro atoms. The monoisotopic (exact) mass is 310 g/mol. The third kappa shape index (κ3) is 2.36. The molecule has 23 heavy (non-hydrogen) atoms. The number of hydrogen-bond acceptors (Lipinski definition) is 4. The van der Waals surface area contributed by atoms with Crippen molar-refractivity contribution in [2.45, 2.75) is 12.5 Å². The number of carbonyl (C=O) groups excluding carboxylic acids is 1. The van der Waals surface area contributed by atoms with Crippen LogP contribution in [0.3, 0.4) is 0 Å². The molecule has 1 aromatic carbocycles. The van der Waals surface area contributed by atoms with Crippen LogP contribution in [0.2, 0.25) is 0 Å². The van der Waals surface area contributed by atoms with Crippen LogP contribution in [0.4, 0.5) is 0 Å². The lowest BCUT2D eigenvalue weighted by Crippen LogP contribution is -2.38. The Bertz CT molecular complexity index is 893. The van der Waals surface area contributed by atoms with Crippen LogP contribution >= 0.6 is 0 Å². The molecule has 116 valence electrons. The molecule has 2 aromatic heterocycles. The molecular formula is C16H14N4O3. The van der Waals surface area contributed by atoms with E-state index >= 15 is 0 Å². The Labute approximate surface area is 130 Å². The van der Waals surface area contributed by atoms with Crippen LogP contribution in [-0.2, 0) is 6.54 Å². The number of rotatable bonds is 2. The van der Waals surface area contributed by atoms with Gasteiger partial charge in [-0.05, 0) is 5.56 Å². The first-order valence-corrected chi connectivity index (χ1v) is 7.27. The lowest BCUT2D eigenvalue weighted by Gasteiger charge is -2.31. The van der Waals surface area contributed by atoms with Crippen LogP contribution in [-0.4, -0.2) is 32.5 Å². The number of carbonyl (C=O) groups is 1. The average Bonchev–Trinajstić information content (AvgIpc) is 3.22. The molecule has 0 radical (unpaired) electrons. The van der Waals surface area contributed by atoms with Gasteiger partial charge in [-0.25, -0.2) is 4.98 Å². The molecular weight excluding hydrogens is 296 g/mol. The minimum Gasteiger partial charge on any atom is -0.373 e. The molecule has 0 aliphatic carbocycles. The zero-order valence-corrected chi connectivity index (χ0v) is 12.2. The number of nitrogens with zero attached hydrogens (tertiary/aromatic N) is 2. The second-order valence-electron chi connectivity index (χ2n) is 5.49. The Hall–Kier alpha value is -3.09. The molecule has 0 fully saturated rings. The second kappa shape index (κ2) is 5.28. The van der Waals surface area contributed by atoms with E-state index in [1.807, 2.05) is 30.3 Å². The van der Waals surface area contributed by atoms with Gasteiger partial charge in [0.15, 0.2) is 0 Å². The number of H-pyrrole nitrogens is 2. The highest BCUT2D eigenvalue weighted by Gasteiger charge is 2.32. The highest BCUT2D eigenvalue weighted by atomic mass is 16.5. The Morgan fingerprint density at radius 3 is 2.87 bits per heavy atom. The molecule has 1 atom stereocenters. The molecule has 0 bridgehead atoms. The van der Waals surface area contributed by atoms with Gasteiger partial charge in [0.05, 0.1) is 30.3 Å². The first kappa shape index (κ1) is 13.6. The van der Waals surface area contributed by atoms with E-state index in [9.17, 15) is 9.59 Å². The fourth-order valence-electron chi connectivity index (χ4n) is 2.97. The molecule has 1 unspecified atom stereocenters. The van der Waals surface area contributed by atoms with Gasteiger partial charge < -0.3 is 14.4 Å². The van der Waals surface area contributed by atoms with E-state index in [0.29, 0.717) is 13.1 Å². The summed E-state index contributed by atoms with van der Waals surface area (Å²) in [6, 6.07) is 11.1. The van der Waals surface area contributed by atoms with Crippen molar-refractivity contribution in [3.8, 4) is 0 Å². The molecule has 4 rings (SSSR count). The molecule has 1 aliphatic rings. The van der Waals surface area contributed by atoms with Crippen molar-refractivity contribution < 1.29 is 9.32 Å². The van der Waals surface area contributed by atoms with Crippen LogP contribution in [0, 0.1) is 0 Å². The molecule has 0 saturated heterocycles. The summed E-state index contributed by atoms with van der Waals surface area (Å²) in [5, 5.41) is 2.15. The predicted molar refractivity (Wildman–Crippen MR) is 80.9 cm³/mol.